The first-order valence-corrected chi connectivity index (χ1v) is 13.6. The Hall–Kier alpha value is -2.16. The number of aryl methyl sites for hydroxylation is 1. The van der Waals surface area contributed by atoms with Gasteiger partial charge < -0.3 is 10.1 Å². The lowest BCUT2D eigenvalue weighted by Crippen LogP contribution is -2.40. The number of aromatic nitrogens is 2. The molecule has 8 heteroatoms. The zero-order valence-corrected chi connectivity index (χ0v) is 21.0. The van der Waals surface area contributed by atoms with Crippen LogP contribution in [-0.2, 0) is 35.3 Å². The molecule has 1 aromatic heterocycles. The number of carbonyl (C=O) groups is 1. The van der Waals surface area contributed by atoms with E-state index in [1.807, 2.05) is 16.7 Å². The molecule has 2 aromatic rings. The van der Waals surface area contributed by atoms with E-state index in [1.165, 1.54) is 30.2 Å². The van der Waals surface area contributed by atoms with Crippen molar-refractivity contribution in [3.8, 4) is 0 Å². The van der Waals surface area contributed by atoms with E-state index in [2.05, 4.69) is 34.3 Å². The highest BCUT2D eigenvalue weighted by molar-refractivity contribution is 8.00. The molecule has 1 amide bonds. The standard InChI is InChI=1S/C26H36N4O3S/c1-2-3-6-20-9-11-21(12-10-20)27-24(31)19-34-25-22-7-4-5-8-23(22)30(26(32)28-25)14-13-29-15-17-33-18-16-29/h9-12H,2-8,13-19H2,1H3,(H,27,31). The monoisotopic (exact) mass is 484 g/mol. The summed E-state index contributed by atoms with van der Waals surface area (Å²) in [6, 6.07) is 8.08. The van der Waals surface area contributed by atoms with Crippen LogP contribution in [0, 0.1) is 0 Å². The van der Waals surface area contributed by atoms with E-state index in [9.17, 15) is 9.59 Å². The molecule has 0 atom stereocenters. The first-order valence-electron chi connectivity index (χ1n) is 12.6. The number of anilines is 1. The molecule has 0 bridgehead atoms. The average Bonchev–Trinajstić information content (AvgIpc) is 2.87. The van der Waals surface area contributed by atoms with Gasteiger partial charge in [0.2, 0.25) is 5.91 Å². The molecule has 2 aliphatic rings. The molecule has 1 fully saturated rings. The zero-order valence-electron chi connectivity index (χ0n) is 20.2. The molecule has 2 heterocycles. The Morgan fingerprint density at radius 2 is 1.88 bits per heavy atom. The summed E-state index contributed by atoms with van der Waals surface area (Å²) >= 11 is 1.38. The van der Waals surface area contributed by atoms with Gasteiger partial charge in [-0.2, -0.15) is 4.98 Å². The van der Waals surface area contributed by atoms with Crippen molar-refractivity contribution in [1.29, 1.82) is 0 Å². The summed E-state index contributed by atoms with van der Waals surface area (Å²) in [5.74, 6) is 0.169. The largest absolute Gasteiger partial charge is 0.379 e. The second-order valence-electron chi connectivity index (χ2n) is 9.07. The SMILES string of the molecule is CCCCc1ccc(NC(=O)CSc2nc(=O)n(CCN3CCOCC3)c3c2CCCC3)cc1. The van der Waals surface area contributed by atoms with Gasteiger partial charge in [-0.1, -0.05) is 37.2 Å². The van der Waals surface area contributed by atoms with Gasteiger partial charge in [-0.15, -0.1) is 0 Å². The van der Waals surface area contributed by atoms with E-state index < -0.39 is 0 Å². The second kappa shape index (κ2) is 12.5. The lowest BCUT2D eigenvalue weighted by molar-refractivity contribution is -0.113. The summed E-state index contributed by atoms with van der Waals surface area (Å²) in [6.07, 6.45) is 7.42. The summed E-state index contributed by atoms with van der Waals surface area (Å²) in [7, 11) is 0. The van der Waals surface area contributed by atoms with Crippen LogP contribution in [0.4, 0.5) is 5.69 Å². The summed E-state index contributed by atoms with van der Waals surface area (Å²) in [5, 5.41) is 3.70. The Morgan fingerprint density at radius 3 is 2.65 bits per heavy atom. The fourth-order valence-corrected chi connectivity index (χ4v) is 5.51. The number of hydrogen-bond acceptors (Lipinski definition) is 6. The molecular weight excluding hydrogens is 448 g/mol. The molecule has 7 nitrogen and oxygen atoms in total. The van der Waals surface area contributed by atoms with E-state index in [0.717, 1.165) is 86.9 Å². The minimum absolute atomic E-state index is 0.0748. The second-order valence-corrected chi connectivity index (χ2v) is 10.0. The number of hydrogen-bond donors (Lipinski definition) is 1. The van der Waals surface area contributed by atoms with Crippen LogP contribution in [0.2, 0.25) is 0 Å². The van der Waals surface area contributed by atoms with Gasteiger partial charge in [-0.05, 0) is 56.2 Å². The topological polar surface area (TPSA) is 76.5 Å². The molecule has 34 heavy (non-hydrogen) atoms. The third kappa shape index (κ3) is 6.71. The van der Waals surface area contributed by atoms with E-state index in [1.54, 1.807) is 0 Å². The smallest absolute Gasteiger partial charge is 0.348 e. The fraction of sp³-hybridized carbons (Fsp3) is 0.577. The van der Waals surface area contributed by atoms with Crippen LogP contribution >= 0.6 is 11.8 Å². The summed E-state index contributed by atoms with van der Waals surface area (Å²) in [5.41, 5.74) is 4.18. The third-order valence-corrected chi connectivity index (χ3v) is 7.61. The maximum Gasteiger partial charge on any atom is 0.348 e. The number of morpholine rings is 1. The minimum Gasteiger partial charge on any atom is -0.379 e. The van der Waals surface area contributed by atoms with Crippen molar-refractivity contribution in [2.45, 2.75) is 63.4 Å². The number of amides is 1. The van der Waals surface area contributed by atoms with Gasteiger partial charge in [0.05, 0.1) is 19.0 Å². The highest BCUT2D eigenvalue weighted by atomic mass is 32.2. The highest BCUT2D eigenvalue weighted by Crippen LogP contribution is 2.28. The molecule has 4 rings (SSSR count). The Balaban J connectivity index is 1.38. The normalized spacial score (nSPS) is 16.3. The molecule has 1 aromatic carbocycles. The Kier molecular flexibility index (Phi) is 9.18. The van der Waals surface area contributed by atoms with Crippen LogP contribution in [-0.4, -0.2) is 59.0 Å². The molecule has 1 N–H and O–H groups in total. The van der Waals surface area contributed by atoms with Gasteiger partial charge in [0.1, 0.15) is 5.03 Å². The van der Waals surface area contributed by atoms with Gasteiger partial charge in [0.15, 0.2) is 0 Å². The number of thioether (sulfide) groups is 1. The number of ether oxygens (including phenoxy) is 1. The van der Waals surface area contributed by atoms with Crippen molar-refractivity contribution in [3.05, 3.63) is 51.6 Å². The molecule has 0 unspecified atom stereocenters. The molecule has 184 valence electrons. The van der Waals surface area contributed by atoms with Gasteiger partial charge in [0.25, 0.3) is 0 Å². The number of carbonyl (C=O) groups excluding carboxylic acids is 1. The van der Waals surface area contributed by atoms with Crippen LogP contribution in [0.15, 0.2) is 34.1 Å². The van der Waals surface area contributed by atoms with Gasteiger partial charge in [-0.25, -0.2) is 4.79 Å². The Bertz CT molecular complexity index is 1020. The van der Waals surface area contributed by atoms with Crippen LogP contribution < -0.4 is 11.0 Å². The quantitative estimate of drug-likeness (QED) is 0.411. The molecule has 1 aliphatic heterocycles. The van der Waals surface area contributed by atoms with Crippen molar-refractivity contribution in [3.63, 3.8) is 0 Å². The third-order valence-electron chi connectivity index (χ3n) is 6.59. The summed E-state index contributed by atoms with van der Waals surface area (Å²) < 4.78 is 7.30. The van der Waals surface area contributed by atoms with Gasteiger partial charge in [-0.3, -0.25) is 14.3 Å². The van der Waals surface area contributed by atoms with Crippen LogP contribution in [0.25, 0.3) is 0 Å². The summed E-state index contributed by atoms with van der Waals surface area (Å²) in [6.45, 7) is 7.02. The Labute approximate surface area is 206 Å². The first kappa shape index (κ1) is 24.9. The highest BCUT2D eigenvalue weighted by Gasteiger charge is 2.22. The van der Waals surface area contributed by atoms with Crippen molar-refractivity contribution < 1.29 is 9.53 Å². The number of unbranched alkanes of at least 4 members (excludes halogenated alkanes) is 1. The fourth-order valence-electron chi connectivity index (χ4n) is 4.63. The van der Waals surface area contributed by atoms with Crippen molar-refractivity contribution >= 4 is 23.4 Å². The zero-order chi connectivity index (χ0) is 23.8. The maximum atomic E-state index is 12.9. The van der Waals surface area contributed by atoms with Crippen molar-refractivity contribution in [2.75, 3.05) is 43.9 Å². The molecule has 1 saturated heterocycles. The number of benzene rings is 1. The molecular formula is C26H36N4O3S. The number of fused-ring (bicyclic) bond motifs is 1. The van der Waals surface area contributed by atoms with Gasteiger partial charge in [0, 0.05) is 43.1 Å². The molecule has 0 radical (unpaired) electrons. The number of rotatable bonds is 10. The molecule has 0 spiro atoms. The van der Waals surface area contributed by atoms with Crippen LogP contribution in [0.5, 0.6) is 0 Å². The lowest BCUT2D eigenvalue weighted by Gasteiger charge is -2.28. The van der Waals surface area contributed by atoms with Crippen LogP contribution in [0.3, 0.4) is 0 Å². The number of nitrogens with zero attached hydrogens (tertiary/aromatic N) is 3. The molecule has 1 aliphatic carbocycles. The lowest BCUT2D eigenvalue weighted by atomic mass is 9.97. The van der Waals surface area contributed by atoms with Crippen molar-refractivity contribution in [1.82, 2.24) is 14.5 Å². The maximum absolute atomic E-state index is 12.9. The van der Waals surface area contributed by atoms with Gasteiger partial charge >= 0.3 is 5.69 Å². The van der Waals surface area contributed by atoms with E-state index in [0.29, 0.717) is 6.54 Å². The predicted molar refractivity (Wildman–Crippen MR) is 137 cm³/mol. The van der Waals surface area contributed by atoms with E-state index >= 15 is 0 Å². The molecule has 0 saturated carbocycles. The van der Waals surface area contributed by atoms with Crippen LogP contribution in [0.1, 0.15) is 49.4 Å². The van der Waals surface area contributed by atoms with E-state index in [4.69, 9.17) is 4.74 Å². The first-order chi connectivity index (χ1) is 16.6. The summed E-state index contributed by atoms with van der Waals surface area (Å²) in [4.78, 5) is 32.3. The van der Waals surface area contributed by atoms with Crippen molar-refractivity contribution in [2.24, 2.45) is 0 Å². The Morgan fingerprint density at radius 1 is 1.12 bits per heavy atom. The van der Waals surface area contributed by atoms with E-state index in [-0.39, 0.29) is 17.3 Å². The average molecular weight is 485 g/mol. The predicted octanol–water partition coefficient (Wildman–Crippen LogP) is 3.53. The minimum atomic E-state index is -0.195. The number of nitrogens with one attached hydrogen (secondary N) is 1.